The van der Waals surface area contributed by atoms with E-state index >= 15 is 0 Å². The molecule has 1 N–H and O–H groups in total. The fraction of sp³-hybridized carbons (Fsp3) is 0.750. The van der Waals surface area contributed by atoms with Gasteiger partial charge in [0.15, 0.2) is 12.0 Å². The molecule has 1 amide bonds. The first-order valence-corrected chi connectivity index (χ1v) is 6.36. The number of carboxylic acid groups (broad SMARTS) is 1. The molecular formula is C12H17NO6. The Morgan fingerprint density at radius 1 is 1.37 bits per heavy atom. The number of aliphatic carboxylic acids is 1. The second-order valence-corrected chi connectivity index (χ2v) is 4.68. The number of amides is 1. The van der Waals surface area contributed by atoms with Crippen molar-refractivity contribution in [1.29, 1.82) is 0 Å². The molecule has 0 saturated carbocycles. The number of carboxylic acids is 1. The number of ether oxygens (including phenoxy) is 2. The van der Waals surface area contributed by atoms with Crippen molar-refractivity contribution >= 4 is 17.8 Å². The van der Waals surface area contributed by atoms with Gasteiger partial charge in [0.05, 0.1) is 13.2 Å². The zero-order valence-electron chi connectivity index (χ0n) is 10.7. The highest BCUT2D eigenvalue weighted by molar-refractivity contribution is 5.99. The van der Waals surface area contributed by atoms with E-state index in [2.05, 4.69) is 0 Å². The molecule has 0 aromatic rings. The van der Waals surface area contributed by atoms with Gasteiger partial charge in [0.25, 0.3) is 5.91 Å². The van der Waals surface area contributed by atoms with Crippen LogP contribution in [0.15, 0.2) is 0 Å². The molecule has 2 fully saturated rings. The Balaban J connectivity index is 2.12. The van der Waals surface area contributed by atoms with E-state index in [4.69, 9.17) is 14.6 Å². The van der Waals surface area contributed by atoms with Crippen LogP contribution >= 0.6 is 0 Å². The molecule has 2 aliphatic heterocycles. The van der Waals surface area contributed by atoms with Crippen molar-refractivity contribution in [1.82, 2.24) is 4.90 Å². The second kappa shape index (κ2) is 5.56. The van der Waals surface area contributed by atoms with Crippen molar-refractivity contribution in [3.63, 3.8) is 0 Å². The van der Waals surface area contributed by atoms with E-state index in [1.54, 1.807) is 11.8 Å². The Morgan fingerprint density at radius 3 is 2.53 bits per heavy atom. The lowest BCUT2D eigenvalue weighted by Crippen LogP contribution is -2.47. The van der Waals surface area contributed by atoms with Crippen molar-refractivity contribution in [2.24, 2.45) is 11.8 Å². The molecule has 0 aromatic heterocycles. The summed E-state index contributed by atoms with van der Waals surface area (Å²) in [5, 5.41) is 9.05. The fourth-order valence-electron chi connectivity index (χ4n) is 2.57. The zero-order valence-corrected chi connectivity index (χ0v) is 10.7. The van der Waals surface area contributed by atoms with Crippen molar-refractivity contribution in [3.05, 3.63) is 0 Å². The lowest BCUT2D eigenvalue weighted by molar-refractivity contribution is -0.158. The van der Waals surface area contributed by atoms with Crippen LogP contribution in [0.3, 0.4) is 0 Å². The normalized spacial score (nSPS) is 31.1. The molecular weight excluding hydrogens is 254 g/mol. The molecule has 0 bridgehead atoms. The third kappa shape index (κ3) is 2.56. The summed E-state index contributed by atoms with van der Waals surface area (Å²) in [6.45, 7) is 3.54. The number of carbonyl (C=O) groups excluding carboxylic acids is 2. The highest BCUT2D eigenvalue weighted by atomic mass is 16.6. The fourth-order valence-corrected chi connectivity index (χ4v) is 2.57. The molecule has 7 nitrogen and oxygen atoms in total. The van der Waals surface area contributed by atoms with Crippen LogP contribution in [0.5, 0.6) is 0 Å². The van der Waals surface area contributed by atoms with Crippen LogP contribution in [0.2, 0.25) is 0 Å². The Bertz CT molecular complexity index is 390. The van der Waals surface area contributed by atoms with Gasteiger partial charge in [0.1, 0.15) is 0 Å². The summed E-state index contributed by atoms with van der Waals surface area (Å²) >= 11 is 0. The number of nitrogens with zero attached hydrogens (tertiary/aromatic N) is 1. The van der Waals surface area contributed by atoms with Crippen LogP contribution in [0, 0.1) is 11.8 Å². The second-order valence-electron chi connectivity index (χ2n) is 4.68. The number of hydrogen-bond acceptors (Lipinski definition) is 5. The van der Waals surface area contributed by atoms with Gasteiger partial charge < -0.3 is 19.5 Å². The van der Waals surface area contributed by atoms with Crippen LogP contribution in [0.25, 0.3) is 0 Å². The van der Waals surface area contributed by atoms with Crippen molar-refractivity contribution < 1.29 is 29.0 Å². The van der Waals surface area contributed by atoms with Gasteiger partial charge in [-0.2, -0.15) is 0 Å². The van der Waals surface area contributed by atoms with E-state index in [1.165, 1.54) is 0 Å². The van der Waals surface area contributed by atoms with E-state index in [-0.39, 0.29) is 5.91 Å². The molecule has 3 atom stereocenters. The molecule has 2 heterocycles. The molecule has 7 heteroatoms. The maximum Gasteiger partial charge on any atom is 0.321 e. The van der Waals surface area contributed by atoms with Gasteiger partial charge in [0, 0.05) is 19.0 Å². The zero-order chi connectivity index (χ0) is 14.0. The van der Waals surface area contributed by atoms with E-state index in [1.807, 2.05) is 0 Å². The van der Waals surface area contributed by atoms with Crippen molar-refractivity contribution in [2.75, 3.05) is 26.3 Å². The molecule has 2 aliphatic rings. The lowest BCUT2D eigenvalue weighted by Gasteiger charge is -2.30. The molecule has 2 saturated heterocycles. The Hall–Kier alpha value is -1.63. The standard InChI is InChI=1S/C12H17NO6/c1-2-7-8(11(15)16)12(17)19-9(7)10(14)13-3-5-18-6-4-13/h7-9H,2-6H2,1H3,(H,15,16)/t7-,8+,9+/m1/s1. The van der Waals surface area contributed by atoms with Gasteiger partial charge in [-0.3, -0.25) is 14.4 Å². The van der Waals surface area contributed by atoms with Gasteiger partial charge in [0.2, 0.25) is 0 Å². The summed E-state index contributed by atoms with van der Waals surface area (Å²) < 4.78 is 10.2. The predicted octanol–water partition coefficient (Wildman–Crippen LogP) is -0.502. The van der Waals surface area contributed by atoms with Crippen molar-refractivity contribution in [3.8, 4) is 0 Å². The summed E-state index contributed by atoms with van der Waals surface area (Å²) in [7, 11) is 0. The molecule has 0 aliphatic carbocycles. The first-order valence-electron chi connectivity index (χ1n) is 6.36. The average Bonchev–Trinajstić information content (AvgIpc) is 2.75. The number of hydrogen-bond donors (Lipinski definition) is 1. The minimum Gasteiger partial charge on any atom is -0.481 e. The number of carbonyl (C=O) groups is 3. The SMILES string of the molecule is CC[C@@H]1[C@@H](C(=O)O)C(=O)O[C@@H]1C(=O)N1CCOCC1. The van der Waals surface area contributed by atoms with E-state index < -0.39 is 29.9 Å². The van der Waals surface area contributed by atoms with Crippen LogP contribution in [-0.4, -0.2) is 60.3 Å². The number of esters is 1. The van der Waals surface area contributed by atoms with Gasteiger partial charge in [-0.05, 0) is 6.42 Å². The molecule has 0 spiro atoms. The van der Waals surface area contributed by atoms with Gasteiger partial charge >= 0.3 is 11.9 Å². The monoisotopic (exact) mass is 271 g/mol. The molecule has 0 aromatic carbocycles. The largest absolute Gasteiger partial charge is 0.481 e. The minimum atomic E-state index is -1.24. The number of cyclic esters (lactones) is 1. The first kappa shape index (κ1) is 13.8. The highest BCUT2D eigenvalue weighted by Crippen LogP contribution is 2.32. The van der Waals surface area contributed by atoms with E-state index in [0.717, 1.165) is 0 Å². The first-order chi connectivity index (χ1) is 9.06. The maximum absolute atomic E-state index is 12.3. The third-order valence-electron chi connectivity index (χ3n) is 3.62. The summed E-state index contributed by atoms with van der Waals surface area (Å²) in [6.07, 6.45) is -0.569. The Labute approximate surface area is 110 Å². The van der Waals surface area contributed by atoms with Crippen LogP contribution in [0.1, 0.15) is 13.3 Å². The summed E-state index contributed by atoms with van der Waals surface area (Å²) in [5.74, 6) is -4.19. The van der Waals surface area contributed by atoms with Crippen LogP contribution in [-0.2, 0) is 23.9 Å². The molecule has 2 rings (SSSR count). The lowest BCUT2D eigenvalue weighted by atomic mass is 9.87. The molecule has 106 valence electrons. The molecule has 19 heavy (non-hydrogen) atoms. The average molecular weight is 271 g/mol. The van der Waals surface area contributed by atoms with E-state index in [0.29, 0.717) is 32.7 Å². The number of morpholine rings is 1. The quantitative estimate of drug-likeness (QED) is 0.549. The van der Waals surface area contributed by atoms with Gasteiger partial charge in [-0.1, -0.05) is 6.92 Å². The topological polar surface area (TPSA) is 93.1 Å². The molecule has 0 radical (unpaired) electrons. The Kier molecular flexibility index (Phi) is 4.04. The summed E-state index contributed by atoms with van der Waals surface area (Å²) in [6, 6.07) is 0. The summed E-state index contributed by atoms with van der Waals surface area (Å²) in [5.41, 5.74) is 0. The van der Waals surface area contributed by atoms with Crippen LogP contribution < -0.4 is 0 Å². The van der Waals surface area contributed by atoms with E-state index in [9.17, 15) is 14.4 Å². The predicted molar refractivity (Wildman–Crippen MR) is 62.2 cm³/mol. The highest BCUT2D eigenvalue weighted by Gasteiger charge is 2.51. The maximum atomic E-state index is 12.3. The number of rotatable bonds is 3. The van der Waals surface area contributed by atoms with Crippen LogP contribution in [0.4, 0.5) is 0 Å². The molecule has 0 unspecified atom stereocenters. The summed E-state index contributed by atoms with van der Waals surface area (Å²) in [4.78, 5) is 36.5. The van der Waals surface area contributed by atoms with Gasteiger partial charge in [-0.15, -0.1) is 0 Å². The van der Waals surface area contributed by atoms with Crippen molar-refractivity contribution in [2.45, 2.75) is 19.4 Å². The third-order valence-corrected chi connectivity index (χ3v) is 3.62. The Morgan fingerprint density at radius 2 is 2.00 bits per heavy atom. The smallest absolute Gasteiger partial charge is 0.321 e. The minimum absolute atomic E-state index is 0.313. The van der Waals surface area contributed by atoms with Gasteiger partial charge in [-0.25, -0.2) is 0 Å².